The quantitative estimate of drug-likeness (QED) is 0.269. The predicted octanol–water partition coefficient (Wildman–Crippen LogP) is 5.85. The molecule has 188 valence electrons. The maximum Gasteiger partial charge on any atom is 0.261 e. The molecule has 0 spiro atoms. The Hall–Kier alpha value is -3.76. The van der Waals surface area contributed by atoms with E-state index in [1.54, 1.807) is 49.0 Å². The highest BCUT2D eigenvalue weighted by atomic mass is 32.1. The molecule has 0 aliphatic heterocycles. The second kappa shape index (κ2) is 11.8. The van der Waals surface area contributed by atoms with Gasteiger partial charge in [-0.1, -0.05) is 13.8 Å². The van der Waals surface area contributed by atoms with Crippen molar-refractivity contribution in [2.75, 3.05) is 19.0 Å². The Kier molecular flexibility index (Phi) is 8.29. The number of benzene rings is 2. The van der Waals surface area contributed by atoms with Gasteiger partial charge in [0.25, 0.3) is 5.91 Å². The minimum Gasteiger partial charge on any atom is -0.488 e. The number of thiazole rings is 1. The molecule has 10 heteroatoms. The highest BCUT2D eigenvalue weighted by molar-refractivity contribution is 7.13. The molecule has 0 fully saturated rings. The van der Waals surface area contributed by atoms with E-state index in [0.29, 0.717) is 52.2 Å². The Morgan fingerprint density at radius 2 is 1.86 bits per heavy atom. The fourth-order valence-corrected chi connectivity index (χ4v) is 3.92. The normalized spacial score (nSPS) is 11.9. The number of rotatable bonds is 11. The molecule has 1 atom stereocenters. The Balaban J connectivity index is 1.54. The van der Waals surface area contributed by atoms with E-state index < -0.39 is 0 Å². The number of ether oxygens (including phenoxy) is 3. The third-order valence-corrected chi connectivity index (χ3v) is 5.65. The minimum atomic E-state index is -0.357. The Morgan fingerprint density at radius 3 is 2.56 bits per heavy atom. The molecule has 2 heterocycles. The molecule has 0 aliphatic carbocycles. The van der Waals surface area contributed by atoms with Gasteiger partial charge in [0, 0.05) is 30.7 Å². The summed E-state index contributed by atoms with van der Waals surface area (Å²) in [4.78, 5) is 17.2. The topological polar surface area (TPSA) is 109 Å². The maximum absolute atomic E-state index is 13.1. The summed E-state index contributed by atoms with van der Waals surface area (Å²) in [6.45, 7) is 6.50. The van der Waals surface area contributed by atoms with Crippen molar-refractivity contribution >= 4 is 22.4 Å². The first-order valence-electron chi connectivity index (χ1n) is 11.5. The van der Waals surface area contributed by atoms with Gasteiger partial charge in [-0.05, 0) is 55.3 Å². The van der Waals surface area contributed by atoms with Gasteiger partial charge in [0.15, 0.2) is 5.13 Å². The van der Waals surface area contributed by atoms with E-state index >= 15 is 0 Å². The minimum absolute atomic E-state index is 0.185. The average molecular weight is 509 g/mol. The van der Waals surface area contributed by atoms with Gasteiger partial charge in [-0.25, -0.2) is 4.98 Å². The van der Waals surface area contributed by atoms with Crippen LogP contribution in [0.4, 0.5) is 5.13 Å². The van der Waals surface area contributed by atoms with Crippen molar-refractivity contribution in [3.05, 3.63) is 65.5 Å². The molecule has 0 bridgehead atoms. The van der Waals surface area contributed by atoms with E-state index in [9.17, 15) is 4.79 Å². The third kappa shape index (κ3) is 6.67. The van der Waals surface area contributed by atoms with E-state index in [-0.39, 0.29) is 12.0 Å². The summed E-state index contributed by atoms with van der Waals surface area (Å²) >= 11 is 1.33. The smallest absolute Gasteiger partial charge is 0.261 e. The van der Waals surface area contributed by atoms with Gasteiger partial charge in [0.2, 0.25) is 11.8 Å². The summed E-state index contributed by atoms with van der Waals surface area (Å²) in [5.74, 6) is 2.58. The van der Waals surface area contributed by atoms with Crippen molar-refractivity contribution in [1.82, 2.24) is 15.2 Å². The predicted molar refractivity (Wildman–Crippen MR) is 137 cm³/mol. The SMILES string of the molecule is COCC(C)Oc1ccc(Oc2ccc(-c3nnc(CC(C)C)o3)cc2)c(C(=O)Nc2nccs2)c1. The lowest BCUT2D eigenvalue weighted by atomic mass is 10.1. The molecule has 1 unspecified atom stereocenters. The van der Waals surface area contributed by atoms with Crippen molar-refractivity contribution < 1.29 is 23.4 Å². The van der Waals surface area contributed by atoms with Crippen LogP contribution in [0.5, 0.6) is 17.2 Å². The standard InChI is InChI=1S/C26H28N4O5S/c1-16(2)13-23-29-30-25(35-23)18-5-7-19(8-6-18)34-22-10-9-20(33-17(3)15-32-4)14-21(22)24(31)28-26-27-11-12-36-26/h5-12,14,16-17H,13,15H2,1-4H3,(H,27,28,31). The molecule has 0 aliphatic rings. The van der Waals surface area contributed by atoms with Crippen molar-refractivity contribution in [1.29, 1.82) is 0 Å². The number of nitrogens with zero attached hydrogens (tertiary/aromatic N) is 3. The summed E-state index contributed by atoms with van der Waals surface area (Å²) in [5, 5.41) is 13.3. The molecule has 0 saturated carbocycles. The van der Waals surface area contributed by atoms with Crippen LogP contribution in [-0.2, 0) is 11.2 Å². The molecule has 4 aromatic rings. The van der Waals surface area contributed by atoms with Crippen LogP contribution >= 0.6 is 11.3 Å². The summed E-state index contributed by atoms with van der Waals surface area (Å²) in [7, 11) is 1.61. The summed E-state index contributed by atoms with van der Waals surface area (Å²) in [6, 6.07) is 12.3. The van der Waals surface area contributed by atoms with Gasteiger partial charge >= 0.3 is 0 Å². The number of nitrogens with one attached hydrogen (secondary N) is 1. The second-order valence-corrected chi connectivity index (χ2v) is 9.45. The fraction of sp³-hybridized carbons (Fsp3) is 0.308. The Bertz CT molecular complexity index is 1270. The van der Waals surface area contributed by atoms with Crippen molar-refractivity contribution in [3.63, 3.8) is 0 Å². The molecular formula is C26H28N4O5S. The van der Waals surface area contributed by atoms with Crippen LogP contribution in [-0.4, -0.2) is 40.9 Å². The monoisotopic (exact) mass is 508 g/mol. The molecule has 2 aromatic carbocycles. The molecule has 1 amide bonds. The molecular weight excluding hydrogens is 480 g/mol. The van der Waals surface area contributed by atoms with Crippen LogP contribution in [0.15, 0.2) is 58.5 Å². The zero-order valence-electron chi connectivity index (χ0n) is 20.6. The van der Waals surface area contributed by atoms with Crippen LogP contribution in [0.25, 0.3) is 11.5 Å². The zero-order valence-corrected chi connectivity index (χ0v) is 21.4. The number of hydrogen-bond donors (Lipinski definition) is 1. The average Bonchev–Trinajstić information content (AvgIpc) is 3.52. The first-order chi connectivity index (χ1) is 17.4. The lowest BCUT2D eigenvalue weighted by molar-refractivity contribution is 0.0916. The number of amides is 1. The first-order valence-corrected chi connectivity index (χ1v) is 12.4. The van der Waals surface area contributed by atoms with Crippen LogP contribution in [0.1, 0.15) is 37.0 Å². The summed E-state index contributed by atoms with van der Waals surface area (Å²) < 4.78 is 22.9. The highest BCUT2D eigenvalue weighted by Crippen LogP contribution is 2.31. The number of carbonyl (C=O) groups excluding carboxylic acids is 1. The number of anilines is 1. The first kappa shape index (κ1) is 25.3. The Morgan fingerprint density at radius 1 is 1.08 bits per heavy atom. The lowest BCUT2D eigenvalue weighted by Crippen LogP contribution is -2.18. The molecule has 0 radical (unpaired) electrons. The molecule has 36 heavy (non-hydrogen) atoms. The molecule has 0 saturated heterocycles. The van der Waals surface area contributed by atoms with Crippen LogP contribution < -0.4 is 14.8 Å². The zero-order chi connectivity index (χ0) is 25.5. The highest BCUT2D eigenvalue weighted by Gasteiger charge is 2.18. The van der Waals surface area contributed by atoms with Gasteiger partial charge in [-0.3, -0.25) is 10.1 Å². The van der Waals surface area contributed by atoms with Crippen molar-refractivity contribution in [2.24, 2.45) is 5.92 Å². The van der Waals surface area contributed by atoms with Gasteiger partial charge in [-0.15, -0.1) is 21.5 Å². The number of carbonyl (C=O) groups is 1. The molecule has 4 rings (SSSR count). The van der Waals surface area contributed by atoms with E-state index in [1.165, 1.54) is 11.3 Å². The van der Waals surface area contributed by atoms with Gasteiger partial charge in [0.1, 0.15) is 23.4 Å². The van der Waals surface area contributed by atoms with E-state index in [2.05, 4.69) is 34.3 Å². The van der Waals surface area contributed by atoms with Gasteiger partial charge in [-0.2, -0.15) is 0 Å². The molecule has 1 N–H and O–H groups in total. The van der Waals surface area contributed by atoms with E-state index in [4.69, 9.17) is 18.6 Å². The fourth-order valence-electron chi connectivity index (χ4n) is 3.39. The van der Waals surface area contributed by atoms with Crippen molar-refractivity contribution in [3.8, 4) is 28.7 Å². The summed E-state index contributed by atoms with van der Waals surface area (Å²) in [5.41, 5.74) is 1.09. The van der Waals surface area contributed by atoms with E-state index in [1.807, 2.05) is 19.1 Å². The second-order valence-electron chi connectivity index (χ2n) is 8.56. The number of aromatic nitrogens is 3. The van der Waals surface area contributed by atoms with Gasteiger partial charge < -0.3 is 18.6 Å². The van der Waals surface area contributed by atoms with Gasteiger partial charge in [0.05, 0.1) is 12.2 Å². The van der Waals surface area contributed by atoms with E-state index in [0.717, 1.165) is 12.0 Å². The number of hydrogen-bond acceptors (Lipinski definition) is 9. The lowest BCUT2D eigenvalue weighted by Gasteiger charge is -2.16. The number of methoxy groups -OCH3 is 1. The van der Waals surface area contributed by atoms with Crippen LogP contribution in [0.2, 0.25) is 0 Å². The van der Waals surface area contributed by atoms with Crippen molar-refractivity contribution in [2.45, 2.75) is 33.3 Å². The third-order valence-electron chi connectivity index (χ3n) is 4.97. The largest absolute Gasteiger partial charge is 0.488 e. The molecule has 2 aromatic heterocycles. The summed E-state index contributed by atoms with van der Waals surface area (Å²) in [6.07, 6.45) is 2.17. The van der Waals surface area contributed by atoms with Crippen LogP contribution in [0, 0.1) is 5.92 Å². The maximum atomic E-state index is 13.1. The van der Waals surface area contributed by atoms with Crippen LogP contribution in [0.3, 0.4) is 0 Å². The molecule has 9 nitrogen and oxygen atoms in total. The Labute approximate surface area is 213 Å².